The summed E-state index contributed by atoms with van der Waals surface area (Å²) in [5.74, 6) is 0.963. The predicted molar refractivity (Wildman–Crippen MR) is 80.8 cm³/mol. The van der Waals surface area contributed by atoms with Crippen molar-refractivity contribution in [3.8, 4) is 11.4 Å². The maximum Gasteiger partial charge on any atom is 0.151 e. The van der Waals surface area contributed by atoms with Crippen LogP contribution in [0.5, 0.6) is 5.75 Å². The number of nitrogens with two attached hydrogens (primary N) is 1. The largest absolute Gasteiger partial charge is 0.497 e. The predicted octanol–water partition coefficient (Wildman–Crippen LogP) is 2.16. The van der Waals surface area contributed by atoms with Crippen LogP contribution in [0.1, 0.15) is 5.56 Å². The van der Waals surface area contributed by atoms with Gasteiger partial charge in [-0.05, 0) is 17.7 Å². The third-order valence-corrected chi connectivity index (χ3v) is 3.50. The van der Waals surface area contributed by atoms with Crippen molar-refractivity contribution in [3.63, 3.8) is 0 Å². The summed E-state index contributed by atoms with van der Waals surface area (Å²) < 4.78 is 7.04. The molecule has 1 aromatic carbocycles. The van der Waals surface area contributed by atoms with E-state index >= 15 is 0 Å². The number of rotatable bonds is 3. The topological polar surface area (TPSA) is 86.2 Å². The first-order valence-corrected chi connectivity index (χ1v) is 6.58. The molecule has 0 fully saturated rings. The van der Waals surface area contributed by atoms with Crippen molar-refractivity contribution in [2.75, 3.05) is 12.8 Å². The highest BCUT2D eigenvalue weighted by atomic mass is 35.5. The lowest BCUT2D eigenvalue weighted by Crippen LogP contribution is -1.99. The molecule has 2 heterocycles. The Kier molecular flexibility index (Phi) is 3.40. The lowest BCUT2D eigenvalue weighted by atomic mass is 10.2. The maximum atomic E-state index is 9.36. The number of anilines is 1. The van der Waals surface area contributed by atoms with E-state index in [1.54, 1.807) is 23.9 Å². The molecule has 0 aliphatic carbocycles. The normalized spacial score (nSPS) is 11.0. The van der Waals surface area contributed by atoms with E-state index in [4.69, 9.17) is 22.1 Å². The molecule has 3 rings (SSSR count). The van der Waals surface area contributed by atoms with Gasteiger partial charge in [-0.3, -0.25) is 4.57 Å². The first-order valence-electron chi connectivity index (χ1n) is 6.20. The summed E-state index contributed by atoms with van der Waals surface area (Å²) in [6, 6.07) is 5.42. The van der Waals surface area contributed by atoms with E-state index < -0.39 is 0 Å². The first kappa shape index (κ1) is 13.7. The van der Waals surface area contributed by atoms with Crippen molar-refractivity contribution in [2.45, 2.75) is 6.61 Å². The number of hydrogen-bond donors (Lipinski definition) is 2. The molecule has 0 atom stereocenters. The van der Waals surface area contributed by atoms with Crippen molar-refractivity contribution in [1.82, 2.24) is 14.5 Å². The highest BCUT2D eigenvalue weighted by Crippen LogP contribution is 2.31. The summed E-state index contributed by atoms with van der Waals surface area (Å²) >= 11 is 6.22. The molecule has 0 spiro atoms. The summed E-state index contributed by atoms with van der Waals surface area (Å²) in [4.78, 5) is 8.18. The van der Waals surface area contributed by atoms with Crippen LogP contribution in [0.3, 0.4) is 0 Å². The quantitative estimate of drug-likeness (QED) is 0.774. The van der Waals surface area contributed by atoms with Gasteiger partial charge in [0.2, 0.25) is 0 Å². The summed E-state index contributed by atoms with van der Waals surface area (Å²) in [7, 11) is 1.57. The van der Waals surface area contributed by atoms with Crippen LogP contribution >= 0.6 is 11.6 Å². The summed E-state index contributed by atoms with van der Waals surface area (Å²) in [6.07, 6.45) is 3.10. The standard InChI is InChI=1S/C14H13ClN4O2/c1-21-10-3-8(6-20)2-9(4-10)19-5-11(15)12-13(16)17-7-18-14(12)19/h2-5,7,20H,6H2,1H3,(H2,16,17,18). The molecule has 0 radical (unpaired) electrons. The van der Waals surface area contributed by atoms with E-state index in [-0.39, 0.29) is 6.61 Å². The number of nitrogen functional groups attached to an aromatic ring is 1. The Labute approximate surface area is 125 Å². The Morgan fingerprint density at radius 1 is 1.33 bits per heavy atom. The molecule has 3 aromatic rings. The molecule has 0 aliphatic rings. The molecule has 0 amide bonds. The van der Waals surface area contributed by atoms with Gasteiger partial charge in [0.05, 0.1) is 29.8 Å². The average Bonchev–Trinajstić information content (AvgIpc) is 2.85. The molecule has 0 unspecified atom stereocenters. The van der Waals surface area contributed by atoms with Crippen molar-refractivity contribution < 1.29 is 9.84 Å². The fourth-order valence-corrected chi connectivity index (χ4v) is 2.51. The SMILES string of the molecule is COc1cc(CO)cc(-n2cc(Cl)c3c(N)ncnc32)c1. The molecule has 0 aliphatic heterocycles. The number of aliphatic hydroxyl groups excluding tert-OH is 1. The van der Waals surface area contributed by atoms with Gasteiger partial charge in [0.15, 0.2) is 5.65 Å². The van der Waals surface area contributed by atoms with E-state index in [2.05, 4.69) is 9.97 Å². The number of fused-ring (bicyclic) bond motifs is 1. The first-order chi connectivity index (χ1) is 10.1. The number of nitrogens with zero attached hydrogens (tertiary/aromatic N) is 3. The highest BCUT2D eigenvalue weighted by Gasteiger charge is 2.14. The minimum atomic E-state index is -0.0890. The van der Waals surface area contributed by atoms with Crippen LogP contribution in [-0.4, -0.2) is 26.8 Å². The zero-order chi connectivity index (χ0) is 15.0. The van der Waals surface area contributed by atoms with Gasteiger partial charge in [-0.15, -0.1) is 0 Å². The van der Waals surface area contributed by atoms with Crippen molar-refractivity contribution in [3.05, 3.63) is 41.3 Å². The van der Waals surface area contributed by atoms with Crippen LogP contribution in [0.4, 0.5) is 5.82 Å². The van der Waals surface area contributed by atoms with Crippen LogP contribution in [0.15, 0.2) is 30.7 Å². The van der Waals surface area contributed by atoms with Gasteiger partial charge in [0, 0.05) is 12.3 Å². The number of ether oxygens (including phenoxy) is 1. The van der Waals surface area contributed by atoms with Gasteiger partial charge >= 0.3 is 0 Å². The minimum Gasteiger partial charge on any atom is -0.497 e. The lowest BCUT2D eigenvalue weighted by molar-refractivity contribution is 0.281. The van der Waals surface area contributed by atoms with E-state index in [1.165, 1.54) is 6.33 Å². The van der Waals surface area contributed by atoms with E-state index in [1.807, 2.05) is 12.1 Å². The third kappa shape index (κ3) is 2.28. The van der Waals surface area contributed by atoms with Gasteiger partial charge < -0.3 is 15.6 Å². The lowest BCUT2D eigenvalue weighted by Gasteiger charge is -2.09. The Bertz CT molecular complexity index is 794. The fraction of sp³-hybridized carbons (Fsp3) is 0.143. The molecular weight excluding hydrogens is 292 g/mol. The number of aliphatic hydroxyl groups is 1. The molecule has 0 bridgehead atoms. The number of hydrogen-bond acceptors (Lipinski definition) is 5. The Balaban J connectivity index is 2.28. The summed E-state index contributed by atoms with van der Waals surface area (Å²) in [6.45, 7) is -0.0890. The smallest absolute Gasteiger partial charge is 0.151 e. The van der Waals surface area contributed by atoms with Crippen molar-refractivity contribution >= 4 is 28.5 Å². The second kappa shape index (κ2) is 5.23. The van der Waals surface area contributed by atoms with Crippen LogP contribution in [0.2, 0.25) is 5.02 Å². The van der Waals surface area contributed by atoms with E-state index in [9.17, 15) is 5.11 Å². The molecule has 3 N–H and O–H groups in total. The molecule has 108 valence electrons. The minimum absolute atomic E-state index is 0.0890. The Morgan fingerprint density at radius 3 is 2.86 bits per heavy atom. The van der Waals surface area contributed by atoms with Crippen molar-refractivity contribution in [1.29, 1.82) is 0 Å². The van der Waals surface area contributed by atoms with E-state index in [0.29, 0.717) is 27.6 Å². The Morgan fingerprint density at radius 2 is 2.14 bits per heavy atom. The number of benzene rings is 1. The number of methoxy groups -OCH3 is 1. The molecular formula is C14H13ClN4O2. The van der Waals surface area contributed by atoms with E-state index in [0.717, 1.165) is 11.3 Å². The van der Waals surface area contributed by atoms with Crippen LogP contribution < -0.4 is 10.5 Å². The molecule has 2 aromatic heterocycles. The van der Waals surface area contributed by atoms with Crippen molar-refractivity contribution in [2.24, 2.45) is 0 Å². The summed E-state index contributed by atoms with van der Waals surface area (Å²) in [5.41, 5.74) is 7.95. The third-order valence-electron chi connectivity index (χ3n) is 3.21. The molecule has 21 heavy (non-hydrogen) atoms. The Hall–Kier alpha value is -2.31. The second-order valence-electron chi connectivity index (χ2n) is 4.50. The fourth-order valence-electron chi connectivity index (χ4n) is 2.23. The average molecular weight is 305 g/mol. The van der Waals surface area contributed by atoms with Crippen LogP contribution in [-0.2, 0) is 6.61 Å². The van der Waals surface area contributed by atoms with Gasteiger partial charge in [-0.1, -0.05) is 11.6 Å². The zero-order valence-electron chi connectivity index (χ0n) is 11.2. The monoisotopic (exact) mass is 304 g/mol. The van der Waals surface area contributed by atoms with Crippen LogP contribution in [0.25, 0.3) is 16.7 Å². The zero-order valence-corrected chi connectivity index (χ0v) is 12.0. The molecule has 7 heteroatoms. The number of aromatic nitrogens is 3. The molecule has 6 nitrogen and oxygen atoms in total. The second-order valence-corrected chi connectivity index (χ2v) is 4.91. The van der Waals surface area contributed by atoms with Crippen LogP contribution in [0, 0.1) is 0 Å². The molecule has 0 saturated carbocycles. The van der Waals surface area contributed by atoms with Gasteiger partial charge in [0.1, 0.15) is 17.9 Å². The maximum absolute atomic E-state index is 9.36. The number of halogens is 1. The van der Waals surface area contributed by atoms with Gasteiger partial charge in [-0.25, -0.2) is 9.97 Å². The van der Waals surface area contributed by atoms with Gasteiger partial charge in [0.25, 0.3) is 0 Å². The highest BCUT2D eigenvalue weighted by molar-refractivity contribution is 6.36. The summed E-state index contributed by atoms with van der Waals surface area (Å²) in [5, 5.41) is 10.4. The van der Waals surface area contributed by atoms with Gasteiger partial charge in [-0.2, -0.15) is 0 Å². The molecule has 0 saturated heterocycles.